The molecule has 0 bridgehead atoms. The molecule has 0 amide bonds. The maximum Gasteiger partial charge on any atom is 0.210 e. The number of rotatable bonds is 3. The maximum atomic E-state index is 4.10. The lowest BCUT2D eigenvalue weighted by Gasteiger charge is -2.10. The first-order valence-electron chi connectivity index (χ1n) is 9.50. The van der Waals surface area contributed by atoms with Crippen LogP contribution in [-0.2, 0) is 0 Å². The number of nitrogens with zero attached hydrogens (tertiary/aromatic N) is 2. The van der Waals surface area contributed by atoms with Gasteiger partial charge in [-0.2, -0.15) is 4.57 Å². The Balaban J connectivity index is 1.54. The first-order chi connectivity index (χ1) is 13.3. The van der Waals surface area contributed by atoms with Gasteiger partial charge in [-0.25, -0.2) is 0 Å². The molecule has 1 unspecified atom stereocenters. The molecule has 2 heterocycles. The van der Waals surface area contributed by atoms with Crippen LogP contribution in [0.3, 0.4) is 0 Å². The normalized spacial score (nSPS) is 14.6. The van der Waals surface area contributed by atoms with Crippen molar-refractivity contribution in [3.8, 4) is 27.9 Å². The zero-order valence-electron chi connectivity index (χ0n) is 15.3. The van der Waals surface area contributed by atoms with Gasteiger partial charge >= 0.3 is 0 Å². The highest BCUT2D eigenvalue weighted by Gasteiger charge is 2.28. The standard InChI is InChI=1S/C25H21N2/c1-2-21-22-5-3-4-6-23(22)24-8-7-20(17-25(21)24)27-15-11-19(12-16-27)18-9-13-26-14-10-18/h3-17,21H,2H2,1H3/q+1. The summed E-state index contributed by atoms with van der Waals surface area (Å²) in [6, 6.07) is 24.1. The molecule has 1 aliphatic rings. The van der Waals surface area contributed by atoms with Gasteiger partial charge in [0.05, 0.1) is 0 Å². The molecule has 2 aromatic carbocycles. The first-order valence-corrected chi connectivity index (χ1v) is 9.50. The molecule has 0 saturated heterocycles. The minimum absolute atomic E-state index is 0.493. The average molecular weight is 349 g/mol. The summed E-state index contributed by atoms with van der Waals surface area (Å²) in [5.74, 6) is 0.493. The highest BCUT2D eigenvalue weighted by Crippen LogP contribution is 2.46. The smallest absolute Gasteiger partial charge is 0.210 e. The number of fused-ring (bicyclic) bond motifs is 3. The van der Waals surface area contributed by atoms with Crippen LogP contribution in [0, 0.1) is 0 Å². The van der Waals surface area contributed by atoms with Gasteiger partial charge in [0.25, 0.3) is 0 Å². The molecule has 1 atom stereocenters. The van der Waals surface area contributed by atoms with Gasteiger partial charge in [0.2, 0.25) is 5.69 Å². The lowest BCUT2D eigenvalue weighted by atomic mass is 9.94. The number of aromatic nitrogens is 2. The molecule has 4 aromatic rings. The second kappa shape index (κ2) is 6.48. The Morgan fingerprint density at radius 1 is 0.778 bits per heavy atom. The van der Waals surface area contributed by atoms with Crippen LogP contribution >= 0.6 is 0 Å². The van der Waals surface area contributed by atoms with E-state index in [4.69, 9.17) is 0 Å². The monoisotopic (exact) mass is 349 g/mol. The summed E-state index contributed by atoms with van der Waals surface area (Å²) in [7, 11) is 0. The van der Waals surface area contributed by atoms with Gasteiger partial charge in [0, 0.05) is 42.6 Å². The molecule has 0 N–H and O–H groups in total. The van der Waals surface area contributed by atoms with E-state index in [2.05, 4.69) is 83.5 Å². The van der Waals surface area contributed by atoms with Crippen molar-refractivity contribution in [3.63, 3.8) is 0 Å². The Kier molecular flexibility index (Phi) is 3.83. The van der Waals surface area contributed by atoms with Gasteiger partial charge in [-0.05, 0) is 58.0 Å². The third-order valence-corrected chi connectivity index (χ3v) is 5.59. The van der Waals surface area contributed by atoms with Crippen molar-refractivity contribution in [2.75, 3.05) is 0 Å². The van der Waals surface area contributed by atoms with Crippen LogP contribution in [0.15, 0.2) is 91.5 Å². The molecule has 0 aliphatic heterocycles. The van der Waals surface area contributed by atoms with Crippen LogP contribution in [0.5, 0.6) is 0 Å². The molecule has 0 fully saturated rings. The van der Waals surface area contributed by atoms with E-state index in [-0.39, 0.29) is 0 Å². The topological polar surface area (TPSA) is 16.8 Å². The van der Waals surface area contributed by atoms with E-state index in [1.807, 2.05) is 24.5 Å². The summed E-state index contributed by atoms with van der Waals surface area (Å²) in [5, 5.41) is 0. The fourth-order valence-electron chi connectivity index (χ4n) is 4.23. The number of pyridine rings is 2. The van der Waals surface area contributed by atoms with E-state index in [0.29, 0.717) is 5.92 Å². The molecule has 2 heteroatoms. The van der Waals surface area contributed by atoms with E-state index in [1.54, 1.807) is 0 Å². The summed E-state index contributed by atoms with van der Waals surface area (Å²) in [6.07, 6.45) is 9.07. The maximum absolute atomic E-state index is 4.10. The summed E-state index contributed by atoms with van der Waals surface area (Å²) in [5.41, 5.74) is 9.29. The quantitative estimate of drug-likeness (QED) is 0.443. The molecule has 0 radical (unpaired) electrons. The Morgan fingerprint density at radius 2 is 1.48 bits per heavy atom. The molecule has 27 heavy (non-hydrogen) atoms. The van der Waals surface area contributed by atoms with Crippen LogP contribution in [-0.4, -0.2) is 4.98 Å². The van der Waals surface area contributed by atoms with Gasteiger partial charge in [0.1, 0.15) is 0 Å². The molecule has 0 spiro atoms. The summed E-state index contributed by atoms with van der Waals surface area (Å²) >= 11 is 0. The predicted molar refractivity (Wildman–Crippen MR) is 109 cm³/mol. The first kappa shape index (κ1) is 16.0. The summed E-state index contributed by atoms with van der Waals surface area (Å²) in [4.78, 5) is 4.10. The third kappa shape index (κ3) is 2.65. The zero-order chi connectivity index (χ0) is 18.2. The number of benzene rings is 2. The molecule has 130 valence electrons. The molecule has 2 nitrogen and oxygen atoms in total. The van der Waals surface area contributed by atoms with Crippen molar-refractivity contribution in [2.45, 2.75) is 19.3 Å². The van der Waals surface area contributed by atoms with E-state index in [1.165, 1.54) is 39.1 Å². The second-order valence-electron chi connectivity index (χ2n) is 7.05. The lowest BCUT2D eigenvalue weighted by molar-refractivity contribution is -0.595. The number of hydrogen-bond acceptors (Lipinski definition) is 1. The van der Waals surface area contributed by atoms with E-state index < -0.39 is 0 Å². The molecule has 5 rings (SSSR count). The molecule has 2 aromatic heterocycles. The summed E-state index contributed by atoms with van der Waals surface area (Å²) in [6.45, 7) is 2.28. The largest absolute Gasteiger partial charge is 0.265 e. The highest BCUT2D eigenvalue weighted by molar-refractivity contribution is 5.79. The van der Waals surface area contributed by atoms with Gasteiger partial charge in [-0.15, -0.1) is 0 Å². The lowest BCUT2D eigenvalue weighted by Crippen LogP contribution is -2.29. The fourth-order valence-corrected chi connectivity index (χ4v) is 4.23. The Morgan fingerprint density at radius 3 is 2.26 bits per heavy atom. The van der Waals surface area contributed by atoms with E-state index in [0.717, 1.165) is 6.42 Å². The molecular weight excluding hydrogens is 328 g/mol. The molecule has 0 saturated carbocycles. The Bertz CT molecular complexity index is 1100. The van der Waals surface area contributed by atoms with Crippen molar-refractivity contribution >= 4 is 0 Å². The Labute approximate surface area is 159 Å². The minimum atomic E-state index is 0.493. The Hall–Kier alpha value is -3.26. The molecular formula is C25H21N2+. The van der Waals surface area contributed by atoms with E-state index in [9.17, 15) is 0 Å². The highest BCUT2D eigenvalue weighted by atomic mass is 14.9. The van der Waals surface area contributed by atoms with Crippen LogP contribution in [0.2, 0.25) is 0 Å². The van der Waals surface area contributed by atoms with Crippen molar-refractivity contribution < 1.29 is 4.57 Å². The van der Waals surface area contributed by atoms with Crippen LogP contribution < -0.4 is 4.57 Å². The van der Waals surface area contributed by atoms with Crippen molar-refractivity contribution in [1.82, 2.24) is 4.98 Å². The van der Waals surface area contributed by atoms with Gasteiger partial charge < -0.3 is 0 Å². The predicted octanol–water partition coefficient (Wildman–Crippen LogP) is 5.55. The average Bonchev–Trinajstić information content (AvgIpc) is 3.07. The van der Waals surface area contributed by atoms with Crippen LogP contribution in [0.25, 0.3) is 27.9 Å². The SMILES string of the molecule is CCC1c2ccccc2-c2ccc(-[n+]3ccc(-c4ccncc4)cc3)cc21. The third-order valence-electron chi connectivity index (χ3n) is 5.59. The van der Waals surface area contributed by atoms with Crippen molar-refractivity contribution in [1.29, 1.82) is 0 Å². The zero-order valence-corrected chi connectivity index (χ0v) is 15.3. The minimum Gasteiger partial charge on any atom is -0.265 e. The van der Waals surface area contributed by atoms with Gasteiger partial charge in [-0.1, -0.05) is 31.2 Å². The van der Waals surface area contributed by atoms with Crippen LogP contribution in [0.4, 0.5) is 0 Å². The van der Waals surface area contributed by atoms with Gasteiger partial charge in [-0.3, -0.25) is 4.98 Å². The van der Waals surface area contributed by atoms with Crippen LogP contribution in [0.1, 0.15) is 30.4 Å². The summed E-state index contributed by atoms with van der Waals surface area (Å²) < 4.78 is 2.20. The number of hydrogen-bond donors (Lipinski definition) is 0. The van der Waals surface area contributed by atoms with Crippen molar-refractivity contribution in [2.24, 2.45) is 0 Å². The van der Waals surface area contributed by atoms with Gasteiger partial charge in [0.15, 0.2) is 12.4 Å². The van der Waals surface area contributed by atoms with E-state index >= 15 is 0 Å². The fraction of sp³-hybridized carbons (Fsp3) is 0.120. The van der Waals surface area contributed by atoms with Crippen molar-refractivity contribution in [3.05, 3.63) is 103 Å². The molecule has 1 aliphatic carbocycles. The second-order valence-corrected chi connectivity index (χ2v) is 7.05.